The quantitative estimate of drug-likeness (QED) is 0.590. The third-order valence-electron chi connectivity index (χ3n) is 5.32. The van der Waals surface area contributed by atoms with Crippen LogP contribution in [0.15, 0.2) is 0 Å². The lowest BCUT2D eigenvalue weighted by molar-refractivity contribution is 0.0284. The predicted molar refractivity (Wildman–Crippen MR) is 90.3 cm³/mol. The molecule has 0 spiro atoms. The first-order chi connectivity index (χ1) is 9.72. The van der Waals surface area contributed by atoms with E-state index in [0.29, 0.717) is 5.54 Å². The Kier molecular flexibility index (Phi) is 8.79. The van der Waals surface area contributed by atoms with Gasteiger partial charge < -0.3 is 5.32 Å². The zero-order valence-corrected chi connectivity index (χ0v) is 14.5. The fraction of sp³-hybridized carbons (Fsp3) is 1.00. The van der Waals surface area contributed by atoms with Crippen molar-refractivity contribution in [2.24, 2.45) is 0 Å². The lowest BCUT2D eigenvalue weighted by atomic mass is 9.86. The van der Waals surface area contributed by atoms with E-state index < -0.39 is 0 Å². The third kappa shape index (κ3) is 5.04. The summed E-state index contributed by atoms with van der Waals surface area (Å²) < 4.78 is 0. The summed E-state index contributed by atoms with van der Waals surface area (Å²) in [7, 11) is 0. The monoisotopic (exact) mass is 282 g/mol. The molecule has 1 fully saturated rings. The number of hydrogen-bond donors (Lipinski definition) is 1. The highest BCUT2D eigenvalue weighted by atomic mass is 15.3. The molecule has 1 saturated heterocycles. The molecule has 1 rings (SSSR count). The molecule has 120 valence electrons. The number of hydrogen-bond acceptors (Lipinski definition) is 2. The van der Waals surface area contributed by atoms with Crippen LogP contribution in [0.1, 0.15) is 85.5 Å². The standard InChI is InChI=1S/C18H38N2/c1-5-9-10-11-12-14-20-15-17(13-6-2)19-16-18(20,7-3)8-4/h17,19H,5-16H2,1-4H3. The van der Waals surface area contributed by atoms with Gasteiger partial charge in [0.25, 0.3) is 0 Å². The molecule has 0 saturated carbocycles. The Morgan fingerprint density at radius 2 is 1.65 bits per heavy atom. The molecule has 1 atom stereocenters. The molecule has 0 aromatic heterocycles. The van der Waals surface area contributed by atoms with E-state index >= 15 is 0 Å². The van der Waals surface area contributed by atoms with Crippen LogP contribution in [0.2, 0.25) is 0 Å². The minimum Gasteiger partial charge on any atom is -0.311 e. The summed E-state index contributed by atoms with van der Waals surface area (Å²) in [5.74, 6) is 0. The summed E-state index contributed by atoms with van der Waals surface area (Å²) in [5.41, 5.74) is 0.426. The molecule has 20 heavy (non-hydrogen) atoms. The van der Waals surface area contributed by atoms with Crippen molar-refractivity contribution in [1.82, 2.24) is 10.2 Å². The van der Waals surface area contributed by atoms with Crippen molar-refractivity contribution in [2.75, 3.05) is 19.6 Å². The lowest BCUT2D eigenvalue weighted by Gasteiger charge is -2.50. The van der Waals surface area contributed by atoms with Gasteiger partial charge >= 0.3 is 0 Å². The van der Waals surface area contributed by atoms with Gasteiger partial charge in [0.15, 0.2) is 0 Å². The molecule has 0 bridgehead atoms. The molecule has 0 aromatic rings. The van der Waals surface area contributed by atoms with Crippen LogP contribution in [0.4, 0.5) is 0 Å². The second kappa shape index (κ2) is 9.78. The van der Waals surface area contributed by atoms with Gasteiger partial charge in [-0.15, -0.1) is 0 Å². The van der Waals surface area contributed by atoms with E-state index in [9.17, 15) is 0 Å². The topological polar surface area (TPSA) is 15.3 Å². The van der Waals surface area contributed by atoms with Crippen LogP contribution in [0, 0.1) is 0 Å². The number of unbranched alkanes of at least 4 members (excludes halogenated alkanes) is 4. The van der Waals surface area contributed by atoms with Crippen LogP contribution in [-0.4, -0.2) is 36.1 Å². The van der Waals surface area contributed by atoms with Crippen molar-refractivity contribution in [2.45, 2.75) is 97.1 Å². The summed E-state index contributed by atoms with van der Waals surface area (Å²) in [5, 5.41) is 3.81. The molecule has 1 aliphatic heterocycles. The van der Waals surface area contributed by atoms with E-state index in [4.69, 9.17) is 0 Å². The molecule has 1 aliphatic rings. The smallest absolute Gasteiger partial charge is 0.0329 e. The van der Waals surface area contributed by atoms with E-state index in [1.807, 2.05) is 0 Å². The molecule has 0 aliphatic carbocycles. The first kappa shape index (κ1) is 18.0. The Morgan fingerprint density at radius 1 is 0.950 bits per heavy atom. The first-order valence-corrected chi connectivity index (χ1v) is 9.20. The van der Waals surface area contributed by atoms with E-state index in [1.165, 1.54) is 77.4 Å². The van der Waals surface area contributed by atoms with E-state index in [2.05, 4.69) is 37.9 Å². The van der Waals surface area contributed by atoms with Crippen molar-refractivity contribution >= 4 is 0 Å². The SMILES string of the molecule is CCCCCCCN1CC(CCC)NCC1(CC)CC. The minimum atomic E-state index is 0.426. The largest absolute Gasteiger partial charge is 0.311 e. The number of nitrogens with zero attached hydrogens (tertiary/aromatic N) is 1. The second-order valence-electron chi connectivity index (χ2n) is 6.66. The van der Waals surface area contributed by atoms with Gasteiger partial charge in [-0.25, -0.2) is 0 Å². The molecule has 0 aromatic carbocycles. The zero-order chi connectivity index (χ0) is 14.8. The Hall–Kier alpha value is -0.0800. The summed E-state index contributed by atoms with van der Waals surface area (Å²) in [6.07, 6.45) is 12.2. The van der Waals surface area contributed by atoms with Gasteiger partial charge in [-0.1, -0.05) is 59.8 Å². The molecule has 1 N–H and O–H groups in total. The average Bonchev–Trinajstić information content (AvgIpc) is 2.48. The first-order valence-electron chi connectivity index (χ1n) is 9.20. The molecule has 0 radical (unpaired) electrons. The van der Waals surface area contributed by atoms with Crippen molar-refractivity contribution in [3.05, 3.63) is 0 Å². The van der Waals surface area contributed by atoms with Crippen molar-refractivity contribution in [3.8, 4) is 0 Å². The Labute approximate surface area is 127 Å². The van der Waals surface area contributed by atoms with E-state index in [0.717, 1.165) is 6.04 Å². The Bertz CT molecular complexity index is 236. The highest BCUT2D eigenvalue weighted by Gasteiger charge is 2.37. The van der Waals surface area contributed by atoms with Crippen LogP contribution < -0.4 is 5.32 Å². The van der Waals surface area contributed by atoms with Crippen molar-refractivity contribution in [3.63, 3.8) is 0 Å². The number of nitrogens with one attached hydrogen (secondary N) is 1. The minimum absolute atomic E-state index is 0.426. The summed E-state index contributed by atoms with van der Waals surface area (Å²) in [6, 6.07) is 0.724. The highest BCUT2D eigenvalue weighted by molar-refractivity contribution is 4.97. The summed E-state index contributed by atoms with van der Waals surface area (Å²) in [6.45, 7) is 13.1. The third-order valence-corrected chi connectivity index (χ3v) is 5.32. The van der Waals surface area contributed by atoms with E-state index in [-0.39, 0.29) is 0 Å². The number of rotatable bonds is 10. The fourth-order valence-corrected chi connectivity index (χ4v) is 3.69. The van der Waals surface area contributed by atoms with Gasteiger partial charge in [-0.05, 0) is 32.2 Å². The predicted octanol–water partition coefficient (Wildman–Crippen LogP) is 4.59. The zero-order valence-electron chi connectivity index (χ0n) is 14.5. The normalized spacial score (nSPS) is 23.1. The van der Waals surface area contributed by atoms with Gasteiger partial charge in [0, 0.05) is 24.7 Å². The molecular formula is C18H38N2. The van der Waals surface area contributed by atoms with Crippen molar-refractivity contribution < 1.29 is 0 Å². The second-order valence-corrected chi connectivity index (χ2v) is 6.66. The maximum Gasteiger partial charge on any atom is 0.0329 e. The summed E-state index contributed by atoms with van der Waals surface area (Å²) >= 11 is 0. The van der Waals surface area contributed by atoms with Crippen LogP contribution >= 0.6 is 0 Å². The average molecular weight is 283 g/mol. The van der Waals surface area contributed by atoms with Gasteiger partial charge in [0.2, 0.25) is 0 Å². The maximum atomic E-state index is 3.81. The van der Waals surface area contributed by atoms with Crippen LogP contribution in [-0.2, 0) is 0 Å². The van der Waals surface area contributed by atoms with Gasteiger partial charge in [0.05, 0.1) is 0 Å². The summed E-state index contributed by atoms with van der Waals surface area (Å²) in [4.78, 5) is 2.83. The van der Waals surface area contributed by atoms with Crippen LogP contribution in [0.25, 0.3) is 0 Å². The van der Waals surface area contributed by atoms with Crippen LogP contribution in [0.3, 0.4) is 0 Å². The number of piperazine rings is 1. The van der Waals surface area contributed by atoms with Gasteiger partial charge in [0.1, 0.15) is 0 Å². The molecule has 1 unspecified atom stereocenters. The van der Waals surface area contributed by atoms with E-state index in [1.54, 1.807) is 0 Å². The maximum absolute atomic E-state index is 3.81. The van der Waals surface area contributed by atoms with Crippen LogP contribution in [0.5, 0.6) is 0 Å². The van der Waals surface area contributed by atoms with Crippen molar-refractivity contribution in [1.29, 1.82) is 0 Å². The van der Waals surface area contributed by atoms with Gasteiger partial charge in [-0.3, -0.25) is 4.90 Å². The molecule has 0 amide bonds. The Balaban J connectivity index is 2.48. The molecule has 2 nitrogen and oxygen atoms in total. The molecule has 1 heterocycles. The molecule has 2 heteroatoms. The van der Waals surface area contributed by atoms with Gasteiger partial charge in [-0.2, -0.15) is 0 Å². The Morgan fingerprint density at radius 3 is 2.25 bits per heavy atom. The fourth-order valence-electron chi connectivity index (χ4n) is 3.69. The lowest BCUT2D eigenvalue weighted by Crippen LogP contribution is -2.64. The highest BCUT2D eigenvalue weighted by Crippen LogP contribution is 2.28. The molecular weight excluding hydrogens is 244 g/mol.